The summed E-state index contributed by atoms with van der Waals surface area (Å²) in [4.78, 5) is 14.0. The van der Waals surface area contributed by atoms with Crippen molar-refractivity contribution >= 4 is 5.91 Å². The van der Waals surface area contributed by atoms with Crippen LogP contribution in [0.2, 0.25) is 0 Å². The normalized spacial score (nSPS) is 12.1. The Morgan fingerprint density at radius 1 is 1.23 bits per heavy atom. The molecule has 0 aliphatic rings. The summed E-state index contributed by atoms with van der Waals surface area (Å²) in [7, 11) is 1.83. The van der Waals surface area contributed by atoms with E-state index in [1.54, 1.807) is 23.3 Å². The zero-order valence-electron chi connectivity index (χ0n) is 13.1. The van der Waals surface area contributed by atoms with Gasteiger partial charge in [-0.2, -0.15) is 0 Å². The molecule has 0 aliphatic heterocycles. The van der Waals surface area contributed by atoms with Crippen molar-refractivity contribution in [1.29, 1.82) is 0 Å². The maximum absolute atomic E-state index is 12.8. The number of furan rings is 1. The molecule has 1 aromatic heterocycles. The standard InChI is InChI=1S/C18H22FNO2/c1-14(5-11-17-4-3-13-22-17)20(2)18(21)12-8-15-6-9-16(19)10-7-15/h3-4,6-7,9-10,13-14H,5,8,11-12H2,1-2H3. The van der Waals surface area contributed by atoms with Crippen LogP contribution in [-0.4, -0.2) is 23.9 Å². The van der Waals surface area contributed by atoms with Gasteiger partial charge in [0, 0.05) is 25.9 Å². The SMILES string of the molecule is CC(CCc1ccco1)N(C)C(=O)CCc1ccc(F)cc1. The molecule has 0 N–H and O–H groups in total. The van der Waals surface area contributed by atoms with Gasteiger partial charge in [0.15, 0.2) is 0 Å². The molecule has 118 valence electrons. The first-order valence-electron chi connectivity index (χ1n) is 7.58. The fraction of sp³-hybridized carbons (Fsp3) is 0.389. The summed E-state index contributed by atoms with van der Waals surface area (Å²) in [5.74, 6) is 0.800. The highest BCUT2D eigenvalue weighted by molar-refractivity contribution is 5.76. The maximum atomic E-state index is 12.8. The summed E-state index contributed by atoms with van der Waals surface area (Å²) < 4.78 is 18.1. The molecular formula is C18H22FNO2. The number of rotatable bonds is 7. The van der Waals surface area contributed by atoms with Gasteiger partial charge in [0.2, 0.25) is 5.91 Å². The fourth-order valence-electron chi connectivity index (χ4n) is 2.32. The molecule has 2 aromatic rings. The zero-order valence-corrected chi connectivity index (χ0v) is 13.1. The summed E-state index contributed by atoms with van der Waals surface area (Å²) >= 11 is 0. The smallest absolute Gasteiger partial charge is 0.222 e. The van der Waals surface area contributed by atoms with Crippen molar-refractivity contribution < 1.29 is 13.6 Å². The van der Waals surface area contributed by atoms with Crippen LogP contribution in [0.3, 0.4) is 0 Å². The van der Waals surface area contributed by atoms with Gasteiger partial charge in [0.05, 0.1) is 6.26 Å². The first kappa shape index (κ1) is 16.3. The van der Waals surface area contributed by atoms with Gasteiger partial charge in [-0.1, -0.05) is 12.1 Å². The molecule has 0 bridgehead atoms. The van der Waals surface area contributed by atoms with Crippen molar-refractivity contribution in [3.8, 4) is 0 Å². The van der Waals surface area contributed by atoms with Crippen molar-refractivity contribution in [2.24, 2.45) is 0 Å². The predicted molar refractivity (Wildman–Crippen MR) is 84.0 cm³/mol. The third kappa shape index (κ3) is 4.72. The van der Waals surface area contributed by atoms with Gasteiger partial charge in [0.25, 0.3) is 0 Å². The Morgan fingerprint density at radius 3 is 2.59 bits per heavy atom. The molecule has 0 saturated heterocycles. The molecule has 3 nitrogen and oxygen atoms in total. The highest BCUT2D eigenvalue weighted by Crippen LogP contribution is 2.12. The van der Waals surface area contributed by atoms with Crippen LogP contribution in [0.25, 0.3) is 0 Å². The van der Waals surface area contributed by atoms with Gasteiger partial charge in [-0.15, -0.1) is 0 Å². The molecule has 1 heterocycles. The van der Waals surface area contributed by atoms with E-state index in [-0.39, 0.29) is 17.8 Å². The van der Waals surface area contributed by atoms with E-state index in [1.165, 1.54) is 12.1 Å². The van der Waals surface area contributed by atoms with Crippen LogP contribution in [-0.2, 0) is 17.6 Å². The third-order valence-electron chi connectivity index (χ3n) is 3.98. The van der Waals surface area contributed by atoms with E-state index < -0.39 is 0 Å². The Labute approximate surface area is 130 Å². The molecule has 1 aromatic carbocycles. The van der Waals surface area contributed by atoms with E-state index in [0.717, 1.165) is 24.2 Å². The molecule has 0 spiro atoms. The van der Waals surface area contributed by atoms with Gasteiger partial charge in [-0.05, 0) is 49.6 Å². The van der Waals surface area contributed by atoms with E-state index in [2.05, 4.69) is 0 Å². The van der Waals surface area contributed by atoms with Crippen LogP contribution in [0.15, 0.2) is 47.1 Å². The second kappa shape index (κ2) is 7.78. The summed E-state index contributed by atoms with van der Waals surface area (Å²) in [5, 5.41) is 0. The van der Waals surface area contributed by atoms with Crippen LogP contribution >= 0.6 is 0 Å². The molecular weight excluding hydrogens is 281 g/mol. The van der Waals surface area contributed by atoms with E-state index >= 15 is 0 Å². The first-order chi connectivity index (χ1) is 10.6. The molecule has 1 amide bonds. The number of carbonyl (C=O) groups excluding carboxylic acids is 1. The van der Waals surface area contributed by atoms with Crippen LogP contribution < -0.4 is 0 Å². The van der Waals surface area contributed by atoms with Gasteiger partial charge in [-0.25, -0.2) is 4.39 Å². The number of halogens is 1. The Morgan fingerprint density at radius 2 is 1.95 bits per heavy atom. The number of hydrogen-bond acceptors (Lipinski definition) is 2. The Kier molecular flexibility index (Phi) is 5.75. The number of aryl methyl sites for hydroxylation is 2. The van der Waals surface area contributed by atoms with E-state index in [0.29, 0.717) is 12.8 Å². The first-order valence-corrected chi connectivity index (χ1v) is 7.58. The van der Waals surface area contributed by atoms with Crippen molar-refractivity contribution in [3.63, 3.8) is 0 Å². The number of nitrogens with zero attached hydrogens (tertiary/aromatic N) is 1. The quantitative estimate of drug-likeness (QED) is 0.779. The number of hydrogen-bond donors (Lipinski definition) is 0. The van der Waals surface area contributed by atoms with Crippen molar-refractivity contribution in [3.05, 3.63) is 59.8 Å². The molecule has 22 heavy (non-hydrogen) atoms. The summed E-state index contributed by atoms with van der Waals surface area (Å²) in [6.45, 7) is 2.04. The molecule has 0 radical (unpaired) electrons. The average molecular weight is 303 g/mol. The third-order valence-corrected chi connectivity index (χ3v) is 3.98. The second-order valence-corrected chi connectivity index (χ2v) is 5.60. The Bertz CT molecular complexity index is 578. The second-order valence-electron chi connectivity index (χ2n) is 5.60. The van der Waals surface area contributed by atoms with Gasteiger partial charge >= 0.3 is 0 Å². The highest BCUT2D eigenvalue weighted by atomic mass is 19.1. The van der Waals surface area contributed by atoms with E-state index in [1.807, 2.05) is 26.1 Å². The van der Waals surface area contributed by atoms with Crippen molar-refractivity contribution in [2.75, 3.05) is 7.05 Å². The number of carbonyl (C=O) groups is 1. The minimum Gasteiger partial charge on any atom is -0.469 e. The molecule has 1 unspecified atom stereocenters. The van der Waals surface area contributed by atoms with E-state index in [4.69, 9.17) is 4.42 Å². The van der Waals surface area contributed by atoms with Gasteiger partial charge in [0.1, 0.15) is 11.6 Å². The molecule has 0 saturated carbocycles. The van der Waals surface area contributed by atoms with Crippen molar-refractivity contribution in [1.82, 2.24) is 4.90 Å². The average Bonchev–Trinajstić information content (AvgIpc) is 3.04. The lowest BCUT2D eigenvalue weighted by molar-refractivity contribution is -0.131. The summed E-state index contributed by atoms with van der Waals surface area (Å²) in [6, 6.07) is 10.3. The predicted octanol–water partition coefficient (Wildman–Crippen LogP) is 3.83. The Balaban J connectivity index is 1.76. The van der Waals surface area contributed by atoms with Crippen LogP contribution in [0, 0.1) is 5.82 Å². The summed E-state index contributed by atoms with van der Waals surface area (Å²) in [6.07, 6.45) is 4.43. The molecule has 2 rings (SSSR count). The van der Waals surface area contributed by atoms with Crippen LogP contribution in [0.5, 0.6) is 0 Å². The number of amides is 1. The number of benzene rings is 1. The van der Waals surface area contributed by atoms with Gasteiger partial charge < -0.3 is 9.32 Å². The molecule has 1 atom stereocenters. The highest BCUT2D eigenvalue weighted by Gasteiger charge is 2.16. The lowest BCUT2D eigenvalue weighted by atomic mass is 10.1. The minimum atomic E-state index is -0.251. The molecule has 0 aliphatic carbocycles. The zero-order chi connectivity index (χ0) is 15.9. The van der Waals surface area contributed by atoms with Gasteiger partial charge in [-0.3, -0.25) is 4.79 Å². The largest absolute Gasteiger partial charge is 0.469 e. The lowest BCUT2D eigenvalue weighted by Gasteiger charge is -2.25. The molecule has 4 heteroatoms. The molecule has 0 fully saturated rings. The van der Waals surface area contributed by atoms with Crippen molar-refractivity contribution in [2.45, 2.75) is 38.6 Å². The van der Waals surface area contributed by atoms with E-state index in [9.17, 15) is 9.18 Å². The summed E-state index contributed by atoms with van der Waals surface area (Å²) in [5.41, 5.74) is 0.978. The fourth-order valence-corrected chi connectivity index (χ4v) is 2.32. The Hall–Kier alpha value is -2.10. The maximum Gasteiger partial charge on any atom is 0.222 e. The topological polar surface area (TPSA) is 33.5 Å². The minimum absolute atomic E-state index is 0.108. The van der Waals surface area contributed by atoms with Crippen LogP contribution in [0.4, 0.5) is 4.39 Å². The lowest BCUT2D eigenvalue weighted by Crippen LogP contribution is -2.35. The van der Waals surface area contributed by atoms with Crippen LogP contribution in [0.1, 0.15) is 31.1 Å². The monoisotopic (exact) mass is 303 g/mol.